The maximum atomic E-state index is 12.1. The number of nitrogens with zero attached hydrogens (tertiary/aromatic N) is 1. The molecule has 4 nitrogen and oxygen atoms in total. The van der Waals surface area contributed by atoms with Crippen LogP contribution >= 0.6 is 22.9 Å². The monoisotopic (exact) mass is 384 g/mol. The van der Waals surface area contributed by atoms with E-state index in [1.807, 2.05) is 18.2 Å². The number of rotatable bonds is 7. The molecule has 0 atom stereocenters. The van der Waals surface area contributed by atoms with Gasteiger partial charge >= 0.3 is 0 Å². The predicted octanol–water partition coefficient (Wildman–Crippen LogP) is 4.99. The first-order valence-electron chi connectivity index (χ1n) is 8.17. The first-order chi connectivity index (χ1) is 12.6. The van der Waals surface area contributed by atoms with E-state index in [0.29, 0.717) is 15.7 Å². The van der Waals surface area contributed by atoms with Gasteiger partial charge in [0.15, 0.2) is 10.9 Å². The number of halogens is 1. The summed E-state index contributed by atoms with van der Waals surface area (Å²) in [4.78, 5) is 29.4. The van der Waals surface area contributed by atoms with E-state index in [-0.39, 0.29) is 24.5 Å². The van der Waals surface area contributed by atoms with E-state index in [1.54, 1.807) is 30.5 Å². The number of thiazole rings is 1. The second-order valence-corrected chi connectivity index (χ2v) is 7.32. The molecule has 6 heteroatoms. The van der Waals surface area contributed by atoms with Gasteiger partial charge in [0.2, 0.25) is 5.91 Å². The van der Waals surface area contributed by atoms with Crippen LogP contribution in [0.25, 0.3) is 0 Å². The van der Waals surface area contributed by atoms with Crippen molar-refractivity contribution in [3.63, 3.8) is 0 Å². The van der Waals surface area contributed by atoms with Crippen LogP contribution in [0.3, 0.4) is 0 Å². The number of carbonyl (C=O) groups excluding carboxylic acids is 2. The summed E-state index contributed by atoms with van der Waals surface area (Å²) in [5.41, 5.74) is 1.75. The average molecular weight is 385 g/mol. The molecule has 2 aromatic carbocycles. The number of amides is 1. The highest BCUT2D eigenvalue weighted by Crippen LogP contribution is 2.21. The summed E-state index contributed by atoms with van der Waals surface area (Å²) in [6.45, 7) is 0. The fourth-order valence-corrected chi connectivity index (χ4v) is 3.42. The number of ketones is 1. The van der Waals surface area contributed by atoms with Gasteiger partial charge in [0.1, 0.15) is 0 Å². The SMILES string of the molecule is O=C(CCC(=O)c1ccc(Cl)cc1)Nc1ncc(Cc2ccccc2)s1. The fourth-order valence-electron chi connectivity index (χ4n) is 2.43. The zero-order chi connectivity index (χ0) is 18.4. The first-order valence-corrected chi connectivity index (χ1v) is 9.37. The van der Waals surface area contributed by atoms with E-state index in [4.69, 9.17) is 11.6 Å². The summed E-state index contributed by atoms with van der Waals surface area (Å²) in [6.07, 6.45) is 2.82. The van der Waals surface area contributed by atoms with E-state index in [2.05, 4.69) is 22.4 Å². The first kappa shape index (κ1) is 18.3. The topological polar surface area (TPSA) is 59.1 Å². The number of aromatic nitrogens is 1. The van der Waals surface area contributed by atoms with E-state index in [0.717, 1.165) is 11.3 Å². The minimum atomic E-state index is -0.215. The van der Waals surface area contributed by atoms with Gasteiger partial charge < -0.3 is 5.32 Å². The Hall–Kier alpha value is -2.50. The molecule has 26 heavy (non-hydrogen) atoms. The summed E-state index contributed by atoms with van der Waals surface area (Å²) in [5.74, 6) is -0.298. The molecule has 3 rings (SSSR count). The van der Waals surface area contributed by atoms with Crippen LogP contribution in [0, 0.1) is 0 Å². The van der Waals surface area contributed by atoms with Crippen LogP contribution in [0.4, 0.5) is 5.13 Å². The molecule has 0 spiro atoms. The Morgan fingerprint density at radius 2 is 1.73 bits per heavy atom. The van der Waals surface area contributed by atoms with Gasteiger partial charge in [-0.3, -0.25) is 9.59 Å². The number of benzene rings is 2. The molecule has 0 unspecified atom stereocenters. The minimum absolute atomic E-state index is 0.0827. The Morgan fingerprint density at radius 1 is 1.00 bits per heavy atom. The maximum absolute atomic E-state index is 12.1. The van der Waals surface area contributed by atoms with Crippen molar-refractivity contribution in [2.45, 2.75) is 19.3 Å². The number of Topliss-reactive ketones (excluding diaryl/α,β-unsaturated/α-hetero) is 1. The third-order valence-corrected chi connectivity index (χ3v) is 4.93. The standard InChI is InChI=1S/C20H17ClN2O2S/c21-16-8-6-15(7-9-16)18(24)10-11-19(25)23-20-22-13-17(26-20)12-14-4-2-1-3-5-14/h1-9,13H,10-12H2,(H,22,23,25). The van der Waals surface area contributed by atoms with Crippen LogP contribution in [0.15, 0.2) is 60.8 Å². The highest BCUT2D eigenvalue weighted by molar-refractivity contribution is 7.15. The number of hydrogen-bond donors (Lipinski definition) is 1. The molecule has 1 N–H and O–H groups in total. The number of carbonyl (C=O) groups is 2. The fraction of sp³-hybridized carbons (Fsp3) is 0.150. The van der Waals surface area contributed by atoms with Gasteiger partial charge in [-0.1, -0.05) is 41.9 Å². The van der Waals surface area contributed by atoms with Crippen molar-refractivity contribution in [3.05, 3.63) is 81.8 Å². The van der Waals surface area contributed by atoms with Crippen molar-refractivity contribution in [1.82, 2.24) is 4.98 Å². The van der Waals surface area contributed by atoms with Gasteiger partial charge in [0, 0.05) is 40.9 Å². The van der Waals surface area contributed by atoms with Crippen molar-refractivity contribution in [2.75, 3.05) is 5.32 Å². The van der Waals surface area contributed by atoms with E-state index >= 15 is 0 Å². The van der Waals surface area contributed by atoms with Crippen LogP contribution < -0.4 is 5.32 Å². The molecule has 1 heterocycles. The van der Waals surface area contributed by atoms with Crippen LogP contribution in [-0.4, -0.2) is 16.7 Å². The van der Waals surface area contributed by atoms with Gasteiger partial charge in [-0.2, -0.15) is 0 Å². The minimum Gasteiger partial charge on any atom is -0.302 e. The van der Waals surface area contributed by atoms with Crippen LogP contribution in [0.5, 0.6) is 0 Å². The van der Waals surface area contributed by atoms with Gasteiger partial charge in [0.05, 0.1) is 0 Å². The molecular formula is C20H17ClN2O2S. The Kier molecular flexibility index (Phi) is 6.15. The lowest BCUT2D eigenvalue weighted by Gasteiger charge is -2.02. The van der Waals surface area contributed by atoms with Crippen molar-refractivity contribution < 1.29 is 9.59 Å². The molecule has 3 aromatic rings. The predicted molar refractivity (Wildman–Crippen MR) is 105 cm³/mol. The third-order valence-electron chi connectivity index (χ3n) is 3.77. The van der Waals surface area contributed by atoms with Crippen molar-refractivity contribution in [1.29, 1.82) is 0 Å². The molecule has 132 valence electrons. The molecule has 0 saturated carbocycles. The summed E-state index contributed by atoms with van der Waals surface area (Å²) in [7, 11) is 0. The van der Waals surface area contributed by atoms with Crippen LogP contribution in [0.1, 0.15) is 33.6 Å². The second kappa shape index (κ2) is 8.74. The van der Waals surface area contributed by atoms with Crippen molar-refractivity contribution >= 4 is 39.8 Å². The third kappa shape index (κ3) is 5.25. The van der Waals surface area contributed by atoms with Gasteiger partial charge in [0.25, 0.3) is 0 Å². The summed E-state index contributed by atoms with van der Waals surface area (Å²) < 4.78 is 0. The normalized spacial score (nSPS) is 10.5. The molecule has 0 fully saturated rings. The molecule has 0 aliphatic rings. The molecule has 1 aromatic heterocycles. The van der Waals surface area contributed by atoms with Crippen molar-refractivity contribution in [3.8, 4) is 0 Å². The second-order valence-electron chi connectivity index (χ2n) is 5.77. The highest BCUT2D eigenvalue weighted by atomic mass is 35.5. The average Bonchev–Trinajstić information content (AvgIpc) is 3.08. The molecule has 0 bridgehead atoms. The molecule has 0 radical (unpaired) electrons. The van der Waals surface area contributed by atoms with E-state index in [9.17, 15) is 9.59 Å². The molecule has 0 aliphatic carbocycles. The van der Waals surface area contributed by atoms with Crippen LogP contribution in [0.2, 0.25) is 5.02 Å². The Morgan fingerprint density at radius 3 is 2.46 bits per heavy atom. The van der Waals surface area contributed by atoms with E-state index in [1.165, 1.54) is 16.9 Å². The Balaban J connectivity index is 1.49. The van der Waals surface area contributed by atoms with Crippen LogP contribution in [-0.2, 0) is 11.2 Å². The summed E-state index contributed by atoms with van der Waals surface area (Å²) >= 11 is 7.25. The highest BCUT2D eigenvalue weighted by Gasteiger charge is 2.11. The summed E-state index contributed by atoms with van der Waals surface area (Å²) in [6, 6.07) is 16.7. The zero-order valence-corrected chi connectivity index (χ0v) is 15.5. The number of anilines is 1. The quantitative estimate of drug-likeness (QED) is 0.584. The molecule has 1 amide bonds. The van der Waals surface area contributed by atoms with Gasteiger partial charge in [-0.15, -0.1) is 11.3 Å². The zero-order valence-electron chi connectivity index (χ0n) is 13.9. The molecular weight excluding hydrogens is 368 g/mol. The number of nitrogens with one attached hydrogen (secondary N) is 1. The lowest BCUT2D eigenvalue weighted by atomic mass is 10.1. The Labute approximate surface area is 160 Å². The smallest absolute Gasteiger partial charge is 0.226 e. The van der Waals surface area contributed by atoms with Gasteiger partial charge in [-0.25, -0.2) is 4.98 Å². The van der Waals surface area contributed by atoms with E-state index < -0.39 is 0 Å². The molecule has 0 aliphatic heterocycles. The maximum Gasteiger partial charge on any atom is 0.226 e. The lowest BCUT2D eigenvalue weighted by molar-refractivity contribution is -0.116. The van der Waals surface area contributed by atoms with Gasteiger partial charge in [-0.05, 0) is 29.8 Å². The van der Waals surface area contributed by atoms with Crippen molar-refractivity contribution in [2.24, 2.45) is 0 Å². The number of hydrogen-bond acceptors (Lipinski definition) is 4. The Bertz CT molecular complexity index is 892. The lowest BCUT2D eigenvalue weighted by Crippen LogP contribution is -2.13. The largest absolute Gasteiger partial charge is 0.302 e. The summed E-state index contributed by atoms with van der Waals surface area (Å²) in [5, 5.41) is 3.89. The molecule has 0 saturated heterocycles.